The van der Waals surface area contributed by atoms with Crippen molar-refractivity contribution >= 4 is 15.9 Å². The van der Waals surface area contributed by atoms with Gasteiger partial charge in [-0.1, -0.05) is 25.1 Å². The summed E-state index contributed by atoms with van der Waals surface area (Å²) in [5, 5.41) is 0. The Morgan fingerprint density at radius 2 is 2.21 bits per heavy atom. The van der Waals surface area contributed by atoms with Crippen molar-refractivity contribution in [2.45, 2.75) is 13.3 Å². The van der Waals surface area contributed by atoms with Crippen molar-refractivity contribution in [3.05, 3.63) is 40.6 Å². The van der Waals surface area contributed by atoms with Crippen molar-refractivity contribution in [2.24, 2.45) is 0 Å². The first-order valence-electron chi connectivity index (χ1n) is 4.46. The van der Waals surface area contributed by atoms with E-state index in [1.807, 2.05) is 24.3 Å². The molecule has 0 amide bonds. The predicted molar refractivity (Wildman–Crippen MR) is 59.4 cm³/mol. The predicted octanol–water partition coefficient (Wildman–Crippen LogP) is 3.83. The summed E-state index contributed by atoms with van der Waals surface area (Å²) in [5.41, 5.74) is 1.14. The van der Waals surface area contributed by atoms with Crippen molar-refractivity contribution in [3.63, 3.8) is 0 Å². The van der Waals surface area contributed by atoms with Crippen molar-refractivity contribution < 1.29 is 9.13 Å². The van der Waals surface area contributed by atoms with Crippen LogP contribution >= 0.6 is 15.9 Å². The quantitative estimate of drug-likeness (QED) is 0.798. The van der Waals surface area contributed by atoms with Gasteiger partial charge in [-0.2, -0.15) is 4.39 Å². The van der Waals surface area contributed by atoms with Crippen LogP contribution in [0.4, 0.5) is 4.39 Å². The Labute approximate surface area is 91.7 Å². The molecule has 0 aromatic heterocycles. The number of halogens is 2. The molecular formula is C11H12BrFO. The van der Waals surface area contributed by atoms with Gasteiger partial charge in [0.05, 0.1) is 0 Å². The second-order valence-electron chi connectivity index (χ2n) is 2.77. The number of para-hydroxylation sites is 1. The zero-order chi connectivity index (χ0) is 10.4. The van der Waals surface area contributed by atoms with Crippen LogP contribution in [-0.2, 0) is 6.42 Å². The van der Waals surface area contributed by atoms with Gasteiger partial charge < -0.3 is 4.74 Å². The van der Waals surface area contributed by atoms with Crippen LogP contribution in [0.15, 0.2) is 35.1 Å². The summed E-state index contributed by atoms with van der Waals surface area (Å²) in [7, 11) is 0. The Hall–Kier alpha value is -0.830. The molecule has 0 saturated carbocycles. The molecular weight excluding hydrogens is 247 g/mol. The van der Waals surface area contributed by atoms with Crippen LogP contribution < -0.4 is 4.74 Å². The fourth-order valence-corrected chi connectivity index (χ4v) is 1.26. The first kappa shape index (κ1) is 11.2. The monoisotopic (exact) mass is 258 g/mol. The summed E-state index contributed by atoms with van der Waals surface area (Å²) in [6.07, 6.45) is 2.25. The number of benzene rings is 1. The average Bonchev–Trinajstić information content (AvgIpc) is 2.18. The Morgan fingerprint density at radius 3 is 2.86 bits per heavy atom. The van der Waals surface area contributed by atoms with E-state index in [1.165, 1.54) is 6.08 Å². The van der Waals surface area contributed by atoms with Gasteiger partial charge in [-0.3, -0.25) is 0 Å². The second-order valence-corrected chi connectivity index (χ2v) is 3.52. The number of rotatable bonds is 4. The van der Waals surface area contributed by atoms with Crippen LogP contribution in [0, 0.1) is 0 Å². The average molecular weight is 259 g/mol. The van der Waals surface area contributed by atoms with E-state index < -0.39 is 4.74 Å². The van der Waals surface area contributed by atoms with Gasteiger partial charge in [0.1, 0.15) is 12.4 Å². The van der Waals surface area contributed by atoms with Gasteiger partial charge in [0.15, 0.2) is 4.74 Å². The molecule has 0 heterocycles. The van der Waals surface area contributed by atoms with Gasteiger partial charge in [0, 0.05) is 0 Å². The van der Waals surface area contributed by atoms with E-state index in [4.69, 9.17) is 4.74 Å². The SMILES string of the molecule is CCc1ccccc1OCC=C(F)Br. The van der Waals surface area contributed by atoms with E-state index in [1.54, 1.807) is 0 Å². The summed E-state index contributed by atoms with van der Waals surface area (Å²) in [6, 6.07) is 7.76. The van der Waals surface area contributed by atoms with Crippen LogP contribution in [0.25, 0.3) is 0 Å². The molecule has 3 heteroatoms. The standard InChI is InChI=1S/C11H12BrFO/c1-2-9-5-3-4-6-10(9)14-8-7-11(12)13/h3-7H,2,8H2,1H3. The van der Waals surface area contributed by atoms with Crippen molar-refractivity contribution in [3.8, 4) is 5.75 Å². The lowest BCUT2D eigenvalue weighted by molar-refractivity contribution is 0.357. The number of hydrogen-bond acceptors (Lipinski definition) is 1. The molecule has 0 aliphatic heterocycles. The van der Waals surface area contributed by atoms with E-state index in [9.17, 15) is 4.39 Å². The Kier molecular flexibility index (Phi) is 4.66. The fraction of sp³-hybridized carbons (Fsp3) is 0.273. The van der Waals surface area contributed by atoms with Gasteiger partial charge in [0.2, 0.25) is 0 Å². The van der Waals surface area contributed by atoms with Gasteiger partial charge in [-0.15, -0.1) is 0 Å². The Morgan fingerprint density at radius 1 is 1.50 bits per heavy atom. The fourth-order valence-electron chi connectivity index (χ4n) is 1.13. The minimum Gasteiger partial charge on any atom is -0.489 e. The maximum Gasteiger partial charge on any atom is 0.165 e. The van der Waals surface area contributed by atoms with Gasteiger partial charge in [-0.05, 0) is 40.1 Å². The molecule has 14 heavy (non-hydrogen) atoms. The van der Waals surface area contributed by atoms with E-state index in [0.29, 0.717) is 0 Å². The molecule has 0 aliphatic carbocycles. The van der Waals surface area contributed by atoms with Crippen LogP contribution in [-0.4, -0.2) is 6.61 Å². The maximum absolute atomic E-state index is 12.3. The lowest BCUT2D eigenvalue weighted by Crippen LogP contribution is -1.96. The highest BCUT2D eigenvalue weighted by Gasteiger charge is 1.98. The van der Waals surface area contributed by atoms with E-state index >= 15 is 0 Å². The molecule has 0 radical (unpaired) electrons. The van der Waals surface area contributed by atoms with Crippen LogP contribution in [0.5, 0.6) is 5.75 Å². The maximum atomic E-state index is 12.3. The highest BCUT2D eigenvalue weighted by Crippen LogP contribution is 2.18. The minimum absolute atomic E-state index is 0.244. The molecule has 76 valence electrons. The van der Waals surface area contributed by atoms with Crippen molar-refractivity contribution in [1.29, 1.82) is 0 Å². The molecule has 0 unspecified atom stereocenters. The molecule has 0 atom stereocenters. The minimum atomic E-state index is -0.397. The molecule has 0 fully saturated rings. The highest BCUT2D eigenvalue weighted by atomic mass is 79.9. The van der Waals surface area contributed by atoms with Crippen LogP contribution in [0.2, 0.25) is 0 Å². The number of hydrogen-bond donors (Lipinski definition) is 0. The molecule has 1 aromatic rings. The summed E-state index contributed by atoms with van der Waals surface area (Å²) < 4.78 is 17.3. The van der Waals surface area contributed by atoms with Gasteiger partial charge in [0.25, 0.3) is 0 Å². The first-order valence-corrected chi connectivity index (χ1v) is 5.25. The van der Waals surface area contributed by atoms with E-state index in [0.717, 1.165) is 17.7 Å². The number of aryl methyl sites for hydroxylation is 1. The molecule has 0 spiro atoms. The van der Waals surface area contributed by atoms with Crippen LogP contribution in [0.1, 0.15) is 12.5 Å². The van der Waals surface area contributed by atoms with Crippen molar-refractivity contribution in [1.82, 2.24) is 0 Å². The third-order valence-corrected chi connectivity index (χ3v) is 2.15. The topological polar surface area (TPSA) is 9.23 Å². The molecule has 0 aliphatic rings. The largest absolute Gasteiger partial charge is 0.489 e. The van der Waals surface area contributed by atoms with E-state index in [-0.39, 0.29) is 6.61 Å². The van der Waals surface area contributed by atoms with Gasteiger partial charge >= 0.3 is 0 Å². The summed E-state index contributed by atoms with van der Waals surface area (Å²) in [5.74, 6) is 0.819. The number of ether oxygens (including phenoxy) is 1. The molecule has 1 nitrogen and oxygen atoms in total. The summed E-state index contributed by atoms with van der Waals surface area (Å²) in [6.45, 7) is 2.30. The highest BCUT2D eigenvalue weighted by molar-refractivity contribution is 9.11. The molecule has 0 N–H and O–H groups in total. The Bertz CT molecular complexity index is 319. The van der Waals surface area contributed by atoms with E-state index in [2.05, 4.69) is 22.9 Å². The first-order chi connectivity index (χ1) is 6.74. The summed E-state index contributed by atoms with van der Waals surface area (Å²) >= 11 is 2.70. The summed E-state index contributed by atoms with van der Waals surface area (Å²) in [4.78, 5) is 0. The third-order valence-electron chi connectivity index (χ3n) is 1.83. The second kappa shape index (κ2) is 5.81. The molecule has 0 saturated heterocycles. The zero-order valence-electron chi connectivity index (χ0n) is 7.97. The lowest BCUT2D eigenvalue weighted by Gasteiger charge is -2.07. The Balaban J connectivity index is 2.62. The van der Waals surface area contributed by atoms with Gasteiger partial charge in [-0.25, -0.2) is 0 Å². The normalized spacial score (nSPS) is 11.5. The van der Waals surface area contributed by atoms with Crippen molar-refractivity contribution in [2.75, 3.05) is 6.61 Å². The van der Waals surface area contributed by atoms with Crippen LogP contribution in [0.3, 0.4) is 0 Å². The lowest BCUT2D eigenvalue weighted by atomic mass is 10.1. The zero-order valence-corrected chi connectivity index (χ0v) is 9.55. The molecule has 1 rings (SSSR count). The smallest absolute Gasteiger partial charge is 0.165 e. The molecule has 1 aromatic carbocycles. The third kappa shape index (κ3) is 3.50. The molecule has 0 bridgehead atoms.